The second kappa shape index (κ2) is 6.95. The molecule has 1 aromatic heterocycles. The summed E-state index contributed by atoms with van der Waals surface area (Å²) < 4.78 is 7.16. The molecule has 26 heavy (non-hydrogen) atoms. The molecule has 1 amide bonds. The summed E-state index contributed by atoms with van der Waals surface area (Å²) in [4.78, 5) is 16.3. The molecule has 2 aliphatic rings. The standard InChI is InChI=1S/C18H21BN5O2/c1-21-15-4-2-3-5-16(15)24-9-13(17(20)25)18(23-24)22-12-6-7-14-11(8-12)10-26-19-14/h6-9,16H,2-5,10H2,1H3,(H2,20,25)(H,22,23). The molecule has 1 radical (unpaired) electrons. The number of rotatable bonds is 4. The van der Waals surface area contributed by atoms with Gasteiger partial charge in [-0.15, -0.1) is 0 Å². The van der Waals surface area contributed by atoms with Crippen LogP contribution < -0.4 is 16.5 Å². The van der Waals surface area contributed by atoms with Gasteiger partial charge in [-0.25, -0.2) is 0 Å². The van der Waals surface area contributed by atoms with E-state index in [4.69, 9.17) is 10.4 Å². The number of nitrogens with one attached hydrogen (secondary N) is 1. The fraction of sp³-hybridized carbons (Fsp3) is 0.389. The number of carbonyl (C=O) groups excluding carboxylic acids is 1. The predicted molar refractivity (Wildman–Crippen MR) is 102 cm³/mol. The number of carbonyl (C=O) groups is 1. The van der Waals surface area contributed by atoms with Gasteiger partial charge in [-0.2, -0.15) is 5.10 Å². The third-order valence-corrected chi connectivity index (χ3v) is 5.00. The smallest absolute Gasteiger partial charge is 0.330 e. The topological polar surface area (TPSA) is 94.5 Å². The van der Waals surface area contributed by atoms with Crippen LogP contribution in [-0.2, 0) is 11.3 Å². The predicted octanol–water partition coefficient (Wildman–Crippen LogP) is 1.69. The van der Waals surface area contributed by atoms with E-state index in [2.05, 4.69) is 15.4 Å². The van der Waals surface area contributed by atoms with Crippen molar-refractivity contribution < 1.29 is 9.45 Å². The van der Waals surface area contributed by atoms with Crippen LogP contribution in [0.1, 0.15) is 47.6 Å². The van der Waals surface area contributed by atoms with E-state index in [1.54, 1.807) is 13.7 Å². The van der Waals surface area contributed by atoms with E-state index >= 15 is 0 Å². The first-order valence-electron chi connectivity index (χ1n) is 8.85. The third-order valence-electron chi connectivity index (χ3n) is 5.00. The van der Waals surface area contributed by atoms with Gasteiger partial charge in [-0.05, 0) is 42.4 Å². The highest BCUT2D eigenvalue weighted by Crippen LogP contribution is 2.29. The molecule has 1 aromatic carbocycles. The Hall–Kier alpha value is -2.61. The van der Waals surface area contributed by atoms with Crippen LogP contribution >= 0.6 is 0 Å². The van der Waals surface area contributed by atoms with Crippen molar-refractivity contribution in [1.29, 1.82) is 0 Å². The highest BCUT2D eigenvalue weighted by Gasteiger charge is 2.25. The Morgan fingerprint density at radius 3 is 3.15 bits per heavy atom. The largest absolute Gasteiger partial charge is 0.430 e. The Labute approximate surface area is 152 Å². The normalized spacial score (nSPS) is 20.7. The van der Waals surface area contributed by atoms with Crippen molar-refractivity contribution in [2.75, 3.05) is 12.4 Å². The molecule has 1 aliphatic carbocycles. The lowest BCUT2D eigenvalue weighted by Gasteiger charge is -2.24. The van der Waals surface area contributed by atoms with Crippen LogP contribution in [0, 0.1) is 0 Å². The van der Waals surface area contributed by atoms with Crippen molar-refractivity contribution in [3.63, 3.8) is 0 Å². The summed E-state index contributed by atoms with van der Waals surface area (Å²) in [5.74, 6) is -0.0243. The van der Waals surface area contributed by atoms with Gasteiger partial charge in [0.05, 0.1) is 12.6 Å². The number of nitrogens with zero attached hydrogens (tertiary/aromatic N) is 3. The Kier molecular flexibility index (Phi) is 4.50. The van der Waals surface area contributed by atoms with Gasteiger partial charge in [0.15, 0.2) is 5.82 Å². The molecule has 8 heteroatoms. The van der Waals surface area contributed by atoms with Crippen molar-refractivity contribution in [3.05, 3.63) is 35.5 Å². The first-order chi connectivity index (χ1) is 12.7. The lowest BCUT2D eigenvalue weighted by Crippen LogP contribution is -2.24. The van der Waals surface area contributed by atoms with Gasteiger partial charge in [0.25, 0.3) is 5.91 Å². The van der Waals surface area contributed by atoms with Gasteiger partial charge in [-0.1, -0.05) is 12.5 Å². The molecule has 1 saturated carbocycles. The van der Waals surface area contributed by atoms with Gasteiger partial charge in [0.2, 0.25) is 0 Å². The Balaban J connectivity index is 1.65. The number of aliphatic imine (C=N–C) groups is 1. The number of aromatic nitrogens is 2. The summed E-state index contributed by atoms with van der Waals surface area (Å²) in [5, 5.41) is 7.86. The quantitative estimate of drug-likeness (QED) is 0.821. The SMILES string of the molecule is CN=C1CCCCC1n1cc(C(N)=O)c(Nc2ccc3c(c2)CO[B]3)n1. The van der Waals surface area contributed by atoms with Crippen molar-refractivity contribution in [3.8, 4) is 0 Å². The highest BCUT2D eigenvalue weighted by molar-refractivity contribution is 6.48. The molecule has 1 unspecified atom stereocenters. The Morgan fingerprint density at radius 1 is 1.46 bits per heavy atom. The summed E-state index contributed by atoms with van der Waals surface area (Å²) in [6.45, 7) is 0.556. The lowest BCUT2D eigenvalue weighted by molar-refractivity contribution is 0.100. The van der Waals surface area contributed by atoms with Gasteiger partial charge < -0.3 is 15.7 Å². The first kappa shape index (κ1) is 16.8. The summed E-state index contributed by atoms with van der Waals surface area (Å²) in [6.07, 6.45) is 5.94. The molecule has 2 heterocycles. The second-order valence-corrected chi connectivity index (χ2v) is 6.68. The van der Waals surface area contributed by atoms with Crippen LogP contribution in [0.25, 0.3) is 0 Å². The van der Waals surface area contributed by atoms with Crippen LogP contribution in [0.3, 0.4) is 0 Å². The average Bonchev–Trinajstić information content (AvgIpc) is 3.28. The van der Waals surface area contributed by atoms with Gasteiger partial charge in [0, 0.05) is 24.6 Å². The monoisotopic (exact) mass is 350 g/mol. The van der Waals surface area contributed by atoms with E-state index in [-0.39, 0.29) is 6.04 Å². The second-order valence-electron chi connectivity index (χ2n) is 6.68. The molecular formula is C18H21BN5O2. The van der Waals surface area contributed by atoms with E-state index in [0.717, 1.165) is 48.1 Å². The number of primary amides is 1. The van der Waals surface area contributed by atoms with Crippen molar-refractivity contribution in [2.45, 2.75) is 38.3 Å². The summed E-state index contributed by atoms with van der Waals surface area (Å²) in [5.41, 5.74) is 10.1. The Bertz CT molecular complexity index is 876. The lowest BCUT2D eigenvalue weighted by atomic mass is 9.87. The minimum Gasteiger partial charge on any atom is -0.430 e. The number of anilines is 2. The summed E-state index contributed by atoms with van der Waals surface area (Å²) >= 11 is 0. The van der Waals surface area contributed by atoms with Gasteiger partial charge in [-0.3, -0.25) is 14.5 Å². The van der Waals surface area contributed by atoms with Crippen LogP contribution in [0.15, 0.2) is 29.4 Å². The number of amides is 1. The first-order valence-corrected chi connectivity index (χ1v) is 8.85. The maximum absolute atomic E-state index is 11.9. The maximum atomic E-state index is 11.9. The molecule has 0 bridgehead atoms. The maximum Gasteiger partial charge on any atom is 0.330 e. The van der Waals surface area contributed by atoms with E-state index in [1.165, 1.54) is 0 Å². The Morgan fingerprint density at radius 2 is 2.35 bits per heavy atom. The van der Waals surface area contributed by atoms with E-state index in [0.29, 0.717) is 18.0 Å². The number of hydrogen-bond donors (Lipinski definition) is 2. The molecule has 1 fully saturated rings. The van der Waals surface area contributed by atoms with Gasteiger partial charge in [0.1, 0.15) is 5.56 Å². The average molecular weight is 350 g/mol. The number of hydrogen-bond acceptors (Lipinski definition) is 5. The molecular weight excluding hydrogens is 329 g/mol. The minimum atomic E-state index is -0.498. The summed E-state index contributed by atoms with van der Waals surface area (Å²) in [7, 11) is 3.56. The van der Waals surface area contributed by atoms with Crippen LogP contribution in [-0.4, -0.2) is 35.9 Å². The molecule has 4 rings (SSSR count). The van der Waals surface area contributed by atoms with E-state index < -0.39 is 5.91 Å². The van der Waals surface area contributed by atoms with Crippen LogP contribution in [0.4, 0.5) is 11.5 Å². The zero-order valence-corrected chi connectivity index (χ0v) is 14.7. The molecule has 133 valence electrons. The molecule has 1 aliphatic heterocycles. The number of benzene rings is 1. The minimum absolute atomic E-state index is 0.0884. The fourth-order valence-electron chi connectivity index (χ4n) is 3.63. The van der Waals surface area contributed by atoms with E-state index in [9.17, 15) is 4.79 Å². The zero-order valence-electron chi connectivity index (χ0n) is 14.7. The molecule has 2 aromatic rings. The molecule has 0 saturated heterocycles. The summed E-state index contributed by atoms with van der Waals surface area (Å²) in [6, 6.07) is 6.01. The molecule has 1 atom stereocenters. The third kappa shape index (κ3) is 3.12. The highest BCUT2D eigenvalue weighted by atomic mass is 16.4. The fourth-order valence-corrected chi connectivity index (χ4v) is 3.63. The molecule has 3 N–H and O–H groups in total. The van der Waals surface area contributed by atoms with E-state index in [1.807, 2.05) is 29.9 Å². The van der Waals surface area contributed by atoms with Crippen molar-refractivity contribution >= 4 is 36.1 Å². The van der Waals surface area contributed by atoms with Crippen LogP contribution in [0.2, 0.25) is 0 Å². The number of nitrogens with two attached hydrogens (primary N) is 1. The molecule has 0 spiro atoms. The van der Waals surface area contributed by atoms with Crippen molar-refractivity contribution in [2.24, 2.45) is 10.7 Å². The van der Waals surface area contributed by atoms with Gasteiger partial charge >= 0.3 is 7.48 Å². The van der Waals surface area contributed by atoms with Crippen LogP contribution in [0.5, 0.6) is 0 Å². The molecule has 7 nitrogen and oxygen atoms in total. The number of fused-ring (bicyclic) bond motifs is 1. The van der Waals surface area contributed by atoms with Crippen molar-refractivity contribution in [1.82, 2.24) is 9.78 Å². The zero-order chi connectivity index (χ0) is 18.1.